The number of fused-ring (bicyclic) bond motifs is 1. The number of nitrogens with zero attached hydrogens (tertiary/aromatic N) is 2. The van der Waals surface area contributed by atoms with Gasteiger partial charge in [-0.15, -0.1) is 0 Å². The first-order valence-electron chi connectivity index (χ1n) is 16.0. The quantitative estimate of drug-likeness (QED) is 0.176. The summed E-state index contributed by atoms with van der Waals surface area (Å²) in [5, 5.41) is 2.91. The van der Waals surface area contributed by atoms with E-state index in [1.54, 1.807) is 49.6 Å². The molecular formula is C38H33F3N4O3. The van der Waals surface area contributed by atoms with Gasteiger partial charge in [0.2, 0.25) is 0 Å². The van der Waals surface area contributed by atoms with Crippen LogP contribution >= 0.6 is 0 Å². The number of halogens is 3. The van der Waals surface area contributed by atoms with Crippen molar-refractivity contribution >= 4 is 22.6 Å². The second kappa shape index (κ2) is 12.4. The van der Waals surface area contributed by atoms with Gasteiger partial charge in [0.15, 0.2) is 0 Å². The molecule has 2 fully saturated rings. The fourth-order valence-corrected chi connectivity index (χ4v) is 7.06. The zero-order valence-corrected chi connectivity index (χ0v) is 26.2. The van der Waals surface area contributed by atoms with Crippen LogP contribution in [-0.4, -0.2) is 21.4 Å². The van der Waals surface area contributed by atoms with Gasteiger partial charge < -0.3 is 15.6 Å². The molecule has 0 bridgehead atoms. The molecule has 2 atom stereocenters. The number of hydrogen-bond acceptors (Lipinski definition) is 4. The summed E-state index contributed by atoms with van der Waals surface area (Å²) < 4.78 is 46.9. The molecule has 0 spiro atoms. The fourth-order valence-electron chi connectivity index (χ4n) is 7.06. The summed E-state index contributed by atoms with van der Waals surface area (Å²) in [6, 6.07) is 16.0. The first-order valence-corrected chi connectivity index (χ1v) is 16.0. The molecule has 0 unspecified atom stereocenters. The molecule has 3 aromatic carbocycles. The number of hydrogen-bond donors (Lipinski definition) is 2. The van der Waals surface area contributed by atoms with Crippen LogP contribution in [0.2, 0.25) is 0 Å². The molecule has 2 amide bonds. The Kier molecular flexibility index (Phi) is 8.10. The van der Waals surface area contributed by atoms with Gasteiger partial charge in [0, 0.05) is 29.4 Å². The maximum Gasteiger partial charge on any atom is 0.261 e. The maximum absolute atomic E-state index is 16.1. The molecule has 0 radical (unpaired) electrons. The lowest BCUT2D eigenvalue weighted by atomic mass is 9.80. The van der Waals surface area contributed by atoms with Crippen LogP contribution in [0.25, 0.3) is 10.8 Å². The lowest BCUT2D eigenvalue weighted by molar-refractivity contribution is 0.0930. The molecule has 2 aliphatic carbocycles. The highest BCUT2D eigenvalue weighted by atomic mass is 19.1. The van der Waals surface area contributed by atoms with E-state index in [4.69, 9.17) is 5.73 Å². The summed E-state index contributed by atoms with van der Waals surface area (Å²) in [5.74, 6) is -4.20. The van der Waals surface area contributed by atoms with Crippen molar-refractivity contribution in [2.75, 3.05) is 0 Å². The molecule has 7 nitrogen and oxygen atoms in total. The van der Waals surface area contributed by atoms with Gasteiger partial charge in [0.1, 0.15) is 17.5 Å². The fraction of sp³-hybridized carbons (Fsp3) is 0.263. The van der Waals surface area contributed by atoms with Crippen molar-refractivity contribution in [3.8, 4) is 0 Å². The Bertz CT molecular complexity index is 2140. The van der Waals surface area contributed by atoms with Crippen molar-refractivity contribution < 1.29 is 22.8 Å². The zero-order valence-electron chi connectivity index (χ0n) is 26.2. The molecule has 2 aromatic heterocycles. The Hall–Kier alpha value is -5.25. The Labute approximate surface area is 274 Å². The number of pyridine rings is 2. The molecule has 2 heterocycles. The molecule has 0 saturated heterocycles. The minimum Gasteiger partial charge on any atom is -0.365 e. The number of nitrogens with one attached hydrogen (secondary N) is 1. The lowest BCUT2D eigenvalue weighted by Crippen LogP contribution is -2.34. The number of rotatable bonds is 10. The number of amides is 2. The van der Waals surface area contributed by atoms with Gasteiger partial charge in [-0.05, 0) is 97.0 Å². The molecule has 0 aliphatic heterocycles. The van der Waals surface area contributed by atoms with Gasteiger partial charge in [0.25, 0.3) is 17.4 Å². The average Bonchev–Trinajstić information content (AvgIpc) is 3.99. The molecule has 48 heavy (non-hydrogen) atoms. The Balaban J connectivity index is 1.49. The van der Waals surface area contributed by atoms with Crippen LogP contribution < -0.4 is 16.6 Å². The van der Waals surface area contributed by atoms with Crippen molar-refractivity contribution in [1.82, 2.24) is 14.9 Å². The Morgan fingerprint density at radius 3 is 2.31 bits per heavy atom. The minimum atomic E-state index is -0.949. The van der Waals surface area contributed by atoms with Crippen LogP contribution in [0.4, 0.5) is 13.2 Å². The van der Waals surface area contributed by atoms with Crippen LogP contribution in [-0.2, 0) is 6.54 Å². The van der Waals surface area contributed by atoms with E-state index in [9.17, 15) is 18.8 Å². The predicted molar refractivity (Wildman–Crippen MR) is 175 cm³/mol. The summed E-state index contributed by atoms with van der Waals surface area (Å²) in [6.45, 7) is 1.66. The van der Waals surface area contributed by atoms with E-state index in [0.29, 0.717) is 27.9 Å². The molecule has 2 saturated carbocycles. The van der Waals surface area contributed by atoms with Gasteiger partial charge in [-0.3, -0.25) is 19.4 Å². The van der Waals surface area contributed by atoms with Gasteiger partial charge in [-0.1, -0.05) is 36.4 Å². The Morgan fingerprint density at radius 1 is 0.896 bits per heavy atom. The van der Waals surface area contributed by atoms with Crippen LogP contribution in [0, 0.1) is 36.2 Å². The standard InChI is InChI=1S/C38H33F3N4O3/c1-20-30(37(47)44-35(23-12-13-23)24-6-2-7-25(39)17-24)33-27(31(22-10-11-22)26-8-3-9-28(40)32(26)36(42)46)14-15-29(41)34(33)38(48)45(20)19-21-5-4-16-43-18-21/h2-9,14-18,22-23,31,35H,10-13,19H2,1H3,(H2,42,46)(H,44,47)/t31-,35+/m1/s1. The largest absolute Gasteiger partial charge is 0.365 e. The summed E-state index contributed by atoms with van der Waals surface area (Å²) in [7, 11) is 0. The maximum atomic E-state index is 16.1. The molecule has 7 rings (SSSR count). The first-order chi connectivity index (χ1) is 23.1. The highest BCUT2D eigenvalue weighted by Gasteiger charge is 2.40. The summed E-state index contributed by atoms with van der Waals surface area (Å²) in [6.07, 6.45) is 6.33. The van der Waals surface area contributed by atoms with Crippen LogP contribution in [0.3, 0.4) is 0 Å². The predicted octanol–water partition coefficient (Wildman–Crippen LogP) is 6.69. The number of primary amides is 1. The van der Waals surface area contributed by atoms with Crippen molar-refractivity contribution in [1.29, 1.82) is 0 Å². The van der Waals surface area contributed by atoms with E-state index in [1.165, 1.54) is 34.9 Å². The highest BCUT2D eigenvalue weighted by Crippen LogP contribution is 2.50. The number of aromatic nitrogens is 2. The summed E-state index contributed by atoms with van der Waals surface area (Å²) in [5.41, 5.74) is 7.13. The van der Waals surface area contributed by atoms with E-state index in [-0.39, 0.29) is 40.3 Å². The van der Waals surface area contributed by atoms with Crippen molar-refractivity contribution in [2.45, 2.75) is 51.1 Å². The van der Waals surface area contributed by atoms with Crippen molar-refractivity contribution in [3.63, 3.8) is 0 Å². The van der Waals surface area contributed by atoms with Crippen molar-refractivity contribution in [3.05, 3.63) is 146 Å². The average molecular weight is 651 g/mol. The van der Waals surface area contributed by atoms with E-state index in [1.807, 2.05) is 0 Å². The first kappa shape index (κ1) is 31.4. The molecule has 2 aliphatic rings. The zero-order chi connectivity index (χ0) is 33.7. The van der Waals surface area contributed by atoms with Gasteiger partial charge >= 0.3 is 0 Å². The smallest absolute Gasteiger partial charge is 0.261 e. The molecular weight excluding hydrogens is 617 g/mol. The monoisotopic (exact) mass is 650 g/mol. The third kappa shape index (κ3) is 5.76. The summed E-state index contributed by atoms with van der Waals surface area (Å²) in [4.78, 5) is 45.6. The number of benzene rings is 3. The molecule has 3 N–H and O–H groups in total. The molecule has 5 aromatic rings. The van der Waals surface area contributed by atoms with E-state index in [2.05, 4.69) is 10.3 Å². The second-order valence-corrected chi connectivity index (χ2v) is 12.8. The normalized spacial score (nSPS) is 15.7. The van der Waals surface area contributed by atoms with Gasteiger partial charge in [-0.2, -0.15) is 0 Å². The SMILES string of the molecule is Cc1c(C(=O)N[C@H](c2cccc(F)c2)C2CC2)c2c([C@@H](c3cccc(F)c3C(N)=O)C3CC3)ccc(F)c2c(=O)n1Cc1cccnc1. The van der Waals surface area contributed by atoms with Gasteiger partial charge in [-0.25, -0.2) is 13.2 Å². The van der Waals surface area contributed by atoms with Crippen LogP contribution in [0.5, 0.6) is 0 Å². The van der Waals surface area contributed by atoms with Crippen LogP contribution in [0.1, 0.15) is 86.3 Å². The summed E-state index contributed by atoms with van der Waals surface area (Å²) >= 11 is 0. The second-order valence-electron chi connectivity index (χ2n) is 12.8. The number of nitrogens with two attached hydrogens (primary N) is 1. The highest BCUT2D eigenvalue weighted by molar-refractivity contribution is 6.09. The van der Waals surface area contributed by atoms with Gasteiger partial charge in [0.05, 0.1) is 29.1 Å². The number of carbonyl (C=O) groups excluding carboxylic acids is 2. The Morgan fingerprint density at radius 2 is 1.65 bits per heavy atom. The van der Waals surface area contributed by atoms with E-state index >= 15 is 8.78 Å². The van der Waals surface area contributed by atoms with Crippen molar-refractivity contribution in [2.24, 2.45) is 17.6 Å². The van der Waals surface area contributed by atoms with E-state index < -0.39 is 46.8 Å². The molecule has 10 heteroatoms. The minimum absolute atomic E-state index is 0.0239. The van der Waals surface area contributed by atoms with Crippen LogP contribution in [0.15, 0.2) is 83.9 Å². The topological polar surface area (TPSA) is 107 Å². The molecule has 244 valence electrons. The lowest BCUT2D eigenvalue weighted by Gasteiger charge is -2.26. The number of carbonyl (C=O) groups is 2. The van der Waals surface area contributed by atoms with E-state index in [0.717, 1.165) is 31.7 Å². The third-order valence-electron chi connectivity index (χ3n) is 9.60. The third-order valence-corrected chi connectivity index (χ3v) is 9.60.